The summed E-state index contributed by atoms with van der Waals surface area (Å²) in [6, 6.07) is 0. The molecule has 0 spiro atoms. The van der Waals surface area contributed by atoms with Gasteiger partial charge in [-0.25, -0.2) is 0 Å². The van der Waals surface area contributed by atoms with Gasteiger partial charge in [-0.2, -0.15) is 0 Å². The van der Waals surface area contributed by atoms with Crippen molar-refractivity contribution in [3.8, 4) is 0 Å². The molecule has 0 amide bonds. The molecule has 11 heteroatoms. The van der Waals surface area contributed by atoms with Crippen LogP contribution in [-0.4, -0.2) is 35.4 Å². The average Bonchev–Trinajstić information content (AvgIpc) is 2.53. The minimum atomic E-state index is -2.52. The van der Waals surface area contributed by atoms with Crippen molar-refractivity contribution in [1.29, 1.82) is 0 Å². The maximum Gasteiger partial charge on any atom is 4.00 e. The van der Waals surface area contributed by atoms with Crippen molar-refractivity contribution < 1.29 is 70.9 Å². The Morgan fingerprint density at radius 3 is 0.889 bits per heavy atom. The number of carbonyl (C=O) groups excluding carboxylic acids is 6. The van der Waals surface area contributed by atoms with E-state index < -0.39 is 46.3 Å². The normalized spacial score (nSPS) is 10.5. The van der Waals surface area contributed by atoms with Crippen molar-refractivity contribution in [2.24, 2.45) is 10.8 Å². The number of carboxylic acid groups (broad SMARTS) is 4. The molecule has 0 aromatic rings. The van der Waals surface area contributed by atoms with Crippen LogP contribution in [0.2, 0.25) is 0 Å². The number of ketones is 2. The summed E-state index contributed by atoms with van der Waals surface area (Å²) in [6.07, 6.45) is 0.543. The van der Waals surface area contributed by atoms with Gasteiger partial charge in [-0.05, 0) is 26.7 Å². The van der Waals surface area contributed by atoms with Gasteiger partial charge in [0.25, 0.3) is 0 Å². The Labute approximate surface area is 170 Å². The van der Waals surface area contributed by atoms with E-state index in [1.807, 2.05) is 0 Å². The predicted octanol–water partition coefficient (Wildman–Crippen LogP) is -4.28. The summed E-state index contributed by atoms with van der Waals surface area (Å²) in [7, 11) is 0. The van der Waals surface area contributed by atoms with Crippen molar-refractivity contribution >= 4 is 35.4 Å². The molecule has 0 aromatic heterocycles. The minimum Gasteiger partial charge on any atom is -0.549 e. The van der Waals surface area contributed by atoms with Gasteiger partial charge in [0.2, 0.25) is 0 Å². The molecule has 0 rings (SSSR count). The molecule has 0 heterocycles. The molecule has 0 unspecified atom stereocenters. The number of carboxylic acids is 4. The summed E-state index contributed by atoms with van der Waals surface area (Å²) in [4.78, 5) is 63.9. The topological polar surface area (TPSA) is 195 Å². The van der Waals surface area contributed by atoms with Gasteiger partial charge in [0.1, 0.15) is 22.4 Å². The van der Waals surface area contributed by atoms with Gasteiger partial charge < -0.3 is 39.6 Å². The van der Waals surface area contributed by atoms with Crippen LogP contribution in [0.3, 0.4) is 0 Å². The molecule has 0 radical (unpaired) electrons. The Morgan fingerprint density at radius 1 is 0.593 bits per heavy atom. The van der Waals surface area contributed by atoms with Gasteiger partial charge in [-0.15, -0.1) is 0 Å². The molecule has 0 aliphatic heterocycles. The molecule has 0 bridgehead atoms. The first-order valence-corrected chi connectivity index (χ1v) is 7.66. The molecule has 0 saturated carbocycles. The van der Waals surface area contributed by atoms with E-state index in [0.717, 1.165) is 13.8 Å². The minimum absolute atomic E-state index is 0. The van der Waals surface area contributed by atoms with Crippen LogP contribution in [0.5, 0.6) is 0 Å². The smallest absolute Gasteiger partial charge is 0.549 e. The van der Waals surface area contributed by atoms with E-state index in [9.17, 15) is 49.2 Å². The van der Waals surface area contributed by atoms with Crippen LogP contribution >= 0.6 is 0 Å². The molecule has 0 aliphatic rings. The monoisotopic (exact) mass is 420 g/mol. The molecule has 148 valence electrons. The summed E-state index contributed by atoms with van der Waals surface area (Å²) in [6.45, 7) is 4.86. The van der Waals surface area contributed by atoms with Crippen molar-refractivity contribution in [3.63, 3.8) is 0 Å². The number of hydrogen-bond acceptors (Lipinski definition) is 10. The molecule has 10 nitrogen and oxygen atoms in total. The first-order valence-electron chi connectivity index (χ1n) is 7.66. The Hall–Kier alpha value is -2.07. The van der Waals surface area contributed by atoms with E-state index in [4.69, 9.17) is 0 Å². The second-order valence-electron chi connectivity index (χ2n) is 5.75. The van der Waals surface area contributed by atoms with Gasteiger partial charge in [0.05, 0.1) is 23.9 Å². The standard InChI is InChI=1S/2C8H12O5.Ti/c2*1-3-4-5(9)8(2,6(10)11)7(12)13;/h2*3-4H2,1-2H3,(H,10,11)(H,12,13);/q;;+4/p-4. The molecule has 27 heavy (non-hydrogen) atoms. The summed E-state index contributed by atoms with van der Waals surface area (Å²) < 4.78 is 0. The van der Waals surface area contributed by atoms with Gasteiger partial charge in [0, 0.05) is 12.8 Å². The second kappa shape index (κ2) is 12.3. The van der Waals surface area contributed by atoms with E-state index >= 15 is 0 Å². The van der Waals surface area contributed by atoms with Gasteiger partial charge >= 0.3 is 21.7 Å². The maximum atomic E-state index is 11.1. The molecule has 0 atom stereocenters. The van der Waals surface area contributed by atoms with Crippen LogP contribution in [-0.2, 0) is 50.5 Å². The third-order valence-corrected chi connectivity index (χ3v) is 3.70. The van der Waals surface area contributed by atoms with Crippen LogP contribution in [0.1, 0.15) is 53.4 Å². The molecule has 0 aromatic carbocycles. The van der Waals surface area contributed by atoms with Crippen LogP contribution in [0.15, 0.2) is 0 Å². The van der Waals surface area contributed by atoms with Gasteiger partial charge in [-0.1, -0.05) is 13.8 Å². The van der Waals surface area contributed by atoms with E-state index in [2.05, 4.69) is 0 Å². The summed E-state index contributed by atoms with van der Waals surface area (Å²) >= 11 is 0. The average molecular weight is 420 g/mol. The van der Waals surface area contributed by atoms with Crippen molar-refractivity contribution in [2.75, 3.05) is 0 Å². The largest absolute Gasteiger partial charge is 4.00 e. The fourth-order valence-electron chi connectivity index (χ4n) is 1.58. The Kier molecular flexibility index (Phi) is 13.6. The second-order valence-corrected chi connectivity index (χ2v) is 5.75. The zero-order chi connectivity index (χ0) is 21.3. The molecular formula is C16H20O10Ti. The van der Waals surface area contributed by atoms with E-state index in [0.29, 0.717) is 12.8 Å². The maximum absolute atomic E-state index is 11.1. The van der Waals surface area contributed by atoms with Gasteiger partial charge in [0.15, 0.2) is 0 Å². The predicted molar refractivity (Wildman–Crippen MR) is 76.1 cm³/mol. The number of hydrogen-bond donors (Lipinski definition) is 0. The summed E-state index contributed by atoms with van der Waals surface area (Å²) in [5.74, 6) is -9.49. The molecule has 0 fully saturated rings. The third-order valence-electron chi connectivity index (χ3n) is 3.70. The summed E-state index contributed by atoms with van der Waals surface area (Å²) in [5.41, 5.74) is -5.04. The SMILES string of the molecule is CCCC(=O)C(C)(C(=O)[O-])C(=O)[O-].CCCC(=O)C(C)(C(=O)[O-])C(=O)[O-].[Ti+4]. The fraction of sp³-hybridized carbons (Fsp3) is 0.625. The number of carbonyl (C=O) groups is 6. The number of rotatable bonds is 10. The number of aliphatic carboxylic acids is 4. The van der Waals surface area contributed by atoms with E-state index in [-0.39, 0.29) is 34.6 Å². The quantitative estimate of drug-likeness (QED) is 0.246. The van der Waals surface area contributed by atoms with Gasteiger partial charge in [-0.3, -0.25) is 9.59 Å². The van der Waals surface area contributed by atoms with E-state index in [1.165, 1.54) is 0 Å². The van der Waals surface area contributed by atoms with Crippen molar-refractivity contribution in [1.82, 2.24) is 0 Å². The van der Waals surface area contributed by atoms with Crippen LogP contribution in [0, 0.1) is 10.8 Å². The van der Waals surface area contributed by atoms with Crippen LogP contribution in [0.4, 0.5) is 0 Å². The number of Topliss-reactive ketones (excluding diaryl/α,β-unsaturated/α-hetero) is 2. The van der Waals surface area contributed by atoms with E-state index in [1.54, 1.807) is 13.8 Å². The first-order chi connectivity index (χ1) is 11.7. The van der Waals surface area contributed by atoms with Crippen molar-refractivity contribution in [3.05, 3.63) is 0 Å². The Morgan fingerprint density at radius 2 is 0.778 bits per heavy atom. The van der Waals surface area contributed by atoms with Crippen LogP contribution in [0.25, 0.3) is 0 Å². The fourth-order valence-corrected chi connectivity index (χ4v) is 1.58. The third kappa shape index (κ3) is 7.22. The first kappa shape index (κ1) is 29.7. The molecule has 0 aliphatic carbocycles. The summed E-state index contributed by atoms with van der Waals surface area (Å²) in [5, 5.41) is 41.7. The molecule has 0 N–H and O–H groups in total. The molecular weight excluding hydrogens is 400 g/mol. The van der Waals surface area contributed by atoms with Crippen molar-refractivity contribution in [2.45, 2.75) is 53.4 Å². The zero-order valence-corrected chi connectivity index (χ0v) is 17.0. The zero-order valence-electron chi connectivity index (χ0n) is 15.4. The molecule has 0 saturated heterocycles. The Balaban J connectivity index is -0.000000411. The Bertz CT molecular complexity index is 516. The van der Waals surface area contributed by atoms with Crippen LogP contribution < -0.4 is 20.4 Å².